The fourth-order valence-electron chi connectivity index (χ4n) is 3.47. The lowest BCUT2D eigenvalue weighted by atomic mass is 10.1. The Hall–Kier alpha value is -1.46. The number of carbonyl (C=O) groups is 1. The molecular weight excluding hydrogens is 266 g/mol. The van der Waals surface area contributed by atoms with Crippen molar-refractivity contribution in [2.24, 2.45) is 0 Å². The molecule has 1 saturated heterocycles. The molecule has 5 nitrogen and oxygen atoms in total. The molecule has 2 fully saturated rings. The van der Waals surface area contributed by atoms with Crippen molar-refractivity contribution in [2.75, 3.05) is 26.2 Å². The highest BCUT2D eigenvalue weighted by atomic mass is 16.4. The lowest BCUT2D eigenvalue weighted by Gasteiger charge is -2.37. The maximum atomic E-state index is 11.0. The summed E-state index contributed by atoms with van der Waals surface area (Å²) in [4.78, 5) is 20.2. The van der Waals surface area contributed by atoms with Crippen LogP contribution in [0.15, 0.2) is 18.2 Å². The predicted octanol–water partition coefficient (Wildman–Crippen LogP) is 1.84. The van der Waals surface area contributed by atoms with Crippen LogP contribution in [0.4, 0.5) is 0 Å². The van der Waals surface area contributed by atoms with E-state index in [0.29, 0.717) is 0 Å². The first-order valence-corrected chi connectivity index (χ1v) is 7.88. The molecule has 1 aliphatic heterocycles. The molecule has 1 saturated carbocycles. The third-order valence-corrected chi connectivity index (χ3v) is 4.66. The van der Waals surface area contributed by atoms with E-state index in [1.54, 1.807) is 12.1 Å². The standard InChI is InChI=1S/C16H23N3O2/c20-16(21)15-7-3-4-13(17-15)12-18-8-10-19(11-9-18)14-5-1-2-6-14/h3-4,7,14H,1-2,5-6,8-12H2,(H,20,21). The highest BCUT2D eigenvalue weighted by Gasteiger charge is 2.26. The maximum Gasteiger partial charge on any atom is 0.354 e. The summed E-state index contributed by atoms with van der Waals surface area (Å²) >= 11 is 0. The number of piperazine rings is 1. The summed E-state index contributed by atoms with van der Waals surface area (Å²) in [6.45, 7) is 5.11. The van der Waals surface area contributed by atoms with E-state index in [-0.39, 0.29) is 5.69 Å². The lowest BCUT2D eigenvalue weighted by molar-refractivity contribution is 0.0688. The summed E-state index contributed by atoms with van der Waals surface area (Å²) < 4.78 is 0. The van der Waals surface area contributed by atoms with Gasteiger partial charge in [-0.25, -0.2) is 9.78 Å². The molecule has 0 spiro atoms. The van der Waals surface area contributed by atoms with E-state index in [1.165, 1.54) is 25.7 Å². The second-order valence-corrected chi connectivity index (χ2v) is 6.07. The third kappa shape index (κ3) is 3.60. The number of hydrogen-bond acceptors (Lipinski definition) is 4. The monoisotopic (exact) mass is 289 g/mol. The summed E-state index contributed by atoms with van der Waals surface area (Å²) in [5.74, 6) is -0.956. The second-order valence-electron chi connectivity index (χ2n) is 6.07. The van der Waals surface area contributed by atoms with Crippen LogP contribution in [0.1, 0.15) is 41.9 Å². The lowest BCUT2D eigenvalue weighted by Crippen LogP contribution is -2.49. The number of nitrogens with zero attached hydrogens (tertiary/aromatic N) is 3. The molecule has 0 unspecified atom stereocenters. The van der Waals surface area contributed by atoms with Crippen LogP contribution in [0.5, 0.6) is 0 Å². The first-order valence-electron chi connectivity index (χ1n) is 7.88. The van der Waals surface area contributed by atoms with Gasteiger partial charge in [-0.2, -0.15) is 0 Å². The van der Waals surface area contributed by atoms with Gasteiger partial charge in [-0.1, -0.05) is 18.9 Å². The molecule has 21 heavy (non-hydrogen) atoms. The Morgan fingerprint density at radius 3 is 2.57 bits per heavy atom. The van der Waals surface area contributed by atoms with Crippen LogP contribution in [0.2, 0.25) is 0 Å². The molecule has 114 valence electrons. The van der Waals surface area contributed by atoms with Gasteiger partial charge < -0.3 is 5.11 Å². The van der Waals surface area contributed by atoms with Crippen molar-refractivity contribution in [1.29, 1.82) is 0 Å². The number of aromatic carboxylic acids is 1. The SMILES string of the molecule is O=C(O)c1cccc(CN2CCN(C3CCCC3)CC2)n1. The quantitative estimate of drug-likeness (QED) is 0.916. The van der Waals surface area contributed by atoms with Gasteiger partial charge in [-0.05, 0) is 25.0 Å². The zero-order chi connectivity index (χ0) is 14.7. The van der Waals surface area contributed by atoms with Crippen molar-refractivity contribution in [3.05, 3.63) is 29.6 Å². The smallest absolute Gasteiger partial charge is 0.354 e. The van der Waals surface area contributed by atoms with Gasteiger partial charge in [0, 0.05) is 38.8 Å². The van der Waals surface area contributed by atoms with Crippen LogP contribution in [0.3, 0.4) is 0 Å². The third-order valence-electron chi connectivity index (χ3n) is 4.66. The zero-order valence-corrected chi connectivity index (χ0v) is 12.4. The van der Waals surface area contributed by atoms with E-state index >= 15 is 0 Å². The van der Waals surface area contributed by atoms with Crippen molar-refractivity contribution < 1.29 is 9.90 Å². The molecule has 1 aromatic heterocycles. The van der Waals surface area contributed by atoms with E-state index in [1.807, 2.05) is 6.07 Å². The summed E-state index contributed by atoms with van der Waals surface area (Å²) in [6.07, 6.45) is 5.50. The molecule has 1 N–H and O–H groups in total. The predicted molar refractivity (Wildman–Crippen MR) is 80.3 cm³/mol. The van der Waals surface area contributed by atoms with Crippen LogP contribution in [-0.4, -0.2) is 58.1 Å². The molecule has 0 radical (unpaired) electrons. The number of aromatic nitrogens is 1. The molecule has 0 bridgehead atoms. The average Bonchev–Trinajstić information content (AvgIpc) is 3.02. The van der Waals surface area contributed by atoms with Gasteiger partial charge in [0.05, 0.1) is 5.69 Å². The van der Waals surface area contributed by atoms with Crippen LogP contribution in [-0.2, 0) is 6.54 Å². The van der Waals surface area contributed by atoms with Crippen molar-refractivity contribution >= 4 is 5.97 Å². The number of carboxylic acids is 1. The van der Waals surface area contributed by atoms with Crippen molar-refractivity contribution in [3.8, 4) is 0 Å². The van der Waals surface area contributed by atoms with Crippen molar-refractivity contribution in [3.63, 3.8) is 0 Å². The molecule has 0 amide bonds. The van der Waals surface area contributed by atoms with E-state index in [4.69, 9.17) is 5.11 Å². The summed E-state index contributed by atoms with van der Waals surface area (Å²) in [6, 6.07) is 6.04. The number of pyridine rings is 1. The van der Waals surface area contributed by atoms with Gasteiger partial charge in [0.2, 0.25) is 0 Å². The average molecular weight is 289 g/mol. The number of carboxylic acid groups (broad SMARTS) is 1. The van der Waals surface area contributed by atoms with Gasteiger partial charge in [-0.15, -0.1) is 0 Å². The Morgan fingerprint density at radius 1 is 1.19 bits per heavy atom. The largest absolute Gasteiger partial charge is 0.477 e. The molecule has 1 aromatic rings. The zero-order valence-electron chi connectivity index (χ0n) is 12.4. The topological polar surface area (TPSA) is 56.7 Å². The first kappa shape index (κ1) is 14.5. The molecule has 0 aromatic carbocycles. The molecule has 2 aliphatic rings. The van der Waals surface area contributed by atoms with Crippen LogP contribution >= 0.6 is 0 Å². The van der Waals surface area contributed by atoms with E-state index in [2.05, 4.69) is 14.8 Å². The highest BCUT2D eigenvalue weighted by Crippen LogP contribution is 2.24. The minimum atomic E-state index is -0.956. The molecule has 5 heteroatoms. The fourth-order valence-corrected chi connectivity index (χ4v) is 3.47. The minimum Gasteiger partial charge on any atom is -0.477 e. The Bertz CT molecular complexity index is 492. The van der Waals surface area contributed by atoms with Gasteiger partial charge in [0.15, 0.2) is 0 Å². The maximum absolute atomic E-state index is 11.0. The number of hydrogen-bond donors (Lipinski definition) is 1. The Morgan fingerprint density at radius 2 is 1.90 bits per heavy atom. The van der Waals surface area contributed by atoms with Crippen LogP contribution in [0.25, 0.3) is 0 Å². The Labute approximate surface area is 125 Å². The first-order chi connectivity index (χ1) is 10.2. The highest BCUT2D eigenvalue weighted by molar-refractivity contribution is 5.85. The van der Waals surface area contributed by atoms with Gasteiger partial charge in [-0.3, -0.25) is 9.80 Å². The van der Waals surface area contributed by atoms with Crippen molar-refractivity contribution in [2.45, 2.75) is 38.3 Å². The van der Waals surface area contributed by atoms with E-state index in [0.717, 1.165) is 44.5 Å². The van der Waals surface area contributed by atoms with E-state index in [9.17, 15) is 4.79 Å². The molecule has 2 heterocycles. The molecule has 3 rings (SSSR count). The van der Waals surface area contributed by atoms with E-state index < -0.39 is 5.97 Å². The summed E-state index contributed by atoms with van der Waals surface area (Å²) in [7, 11) is 0. The van der Waals surface area contributed by atoms with Crippen molar-refractivity contribution in [1.82, 2.24) is 14.8 Å². The Kier molecular flexibility index (Phi) is 4.51. The van der Waals surface area contributed by atoms with Gasteiger partial charge in [0.25, 0.3) is 0 Å². The van der Waals surface area contributed by atoms with Gasteiger partial charge >= 0.3 is 5.97 Å². The molecule has 1 aliphatic carbocycles. The van der Waals surface area contributed by atoms with Crippen LogP contribution < -0.4 is 0 Å². The minimum absolute atomic E-state index is 0.136. The Balaban J connectivity index is 1.53. The number of rotatable bonds is 4. The normalized spacial score (nSPS) is 21.7. The second kappa shape index (κ2) is 6.54. The molecule has 0 atom stereocenters. The molecular formula is C16H23N3O2. The van der Waals surface area contributed by atoms with Crippen LogP contribution in [0, 0.1) is 0 Å². The summed E-state index contributed by atoms with van der Waals surface area (Å²) in [5, 5.41) is 8.99. The summed E-state index contributed by atoms with van der Waals surface area (Å²) in [5.41, 5.74) is 0.987. The van der Waals surface area contributed by atoms with Gasteiger partial charge in [0.1, 0.15) is 5.69 Å². The fraction of sp³-hybridized carbons (Fsp3) is 0.625.